The maximum Gasteiger partial charge on any atom is 0.144 e. The first-order valence-electron chi connectivity index (χ1n) is 5.74. The second-order valence-corrected chi connectivity index (χ2v) is 4.68. The zero-order valence-electron chi connectivity index (χ0n) is 9.89. The smallest absolute Gasteiger partial charge is 0.144 e. The zero-order valence-corrected chi connectivity index (χ0v) is 10.6. The summed E-state index contributed by atoms with van der Waals surface area (Å²) >= 11 is 5.79. The van der Waals surface area contributed by atoms with E-state index < -0.39 is 0 Å². The highest BCUT2D eigenvalue weighted by Gasteiger charge is 2.06. The van der Waals surface area contributed by atoms with Gasteiger partial charge in [-0.1, -0.05) is 24.6 Å². The molecule has 0 amide bonds. The van der Waals surface area contributed by atoms with Gasteiger partial charge in [-0.2, -0.15) is 0 Å². The number of rotatable bonds is 5. The maximum atomic E-state index is 13.3. The van der Waals surface area contributed by atoms with Crippen LogP contribution in [0.15, 0.2) is 12.1 Å². The number of hydrogen-bond donors (Lipinski definition) is 1. The molecule has 1 rings (SSSR count). The summed E-state index contributed by atoms with van der Waals surface area (Å²) in [6.07, 6.45) is 3.94. The molecule has 0 saturated carbocycles. The first kappa shape index (κ1) is 13.5. The normalized spacial score (nSPS) is 12.8. The Kier molecular flexibility index (Phi) is 5.23. The van der Waals surface area contributed by atoms with E-state index in [0.29, 0.717) is 5.56 Å². The summed E-state index contributed by atoms with van der Waals surface area (Å²) in [5.74, 6) is -0.310. The van der Waals surface area contributed by atoms with Crippen molar-refractivity contribution in [2.45, 2.75) is 45.6 Å². The average Bonchev–Trinajstić information content (AvgIpc) is 2.25. The number of benzene rings is 1. The van der Waals surface area contributed by atoms with E-state index in [0.717, 1.165) is 31.2 Å². The molecule has 0 bridgehead atoms. The molecule has 0 fully saturated rings. The van der Waals surface area contributed by atoms with Gasteiger partial charge in [0.05, 0.1) is 5.02 Å². The van der Waals surface area contributed by atoms with Crippen LogP contribution in [0.4, 0.5) is 4.39 Å². The lowest BCUT2D eigenvalue weighted by Gasteiger charge is -2.09. The van der Waals surface area contributed by atoms with Crippen molar-refractivity contribution in [3.63, 3.8) is 0 Å². The van der Waals surface area contributed by atoms with E-state index in [2.05, 4.69) is 6.92 Å². The molecule has 0 aliphatic carbocycles. The van der Waals surface area contributed by atoms with Crippen molar-refractivity contribution in [1.82, 2.24) is 0 Å². The van der Waals surface area contributed by atoms with Gasteiger partial charge in [-0.05, 0) is 49.8 Å². The van der Waals surface area contributed by atoms with Crippen LogP contribution in [-0.4, -0.2) is 6.04 Å². The van der Waals surface area contributed by atoms with Crippen LogP contribution in [0.1, 0.15) is 37.3 Å². The van der Waals surface area contributed by atoms with E-state index in [4.69, 9.17) is 17.3 Å². The monoisotopic (exact) mass is 243 g/mol. The van der Waals surface area contributed by atoms with Gasteiger partial charge in [-0.15, -0.1) is 0 Å². The summed E-state index contributed by atoms with van der Waals surface area (Å²) in [5, 5.41) is 0.217. The number of halogens is 2. The second kappa shape index (κ2) is 6.21. The fraction of sp³-hybridized carbons (Fsp3) is 0.538. The average molecular weight is 244 g/mol. The summed E-state index contributed by atoms with van der Waals surface area (Å²) < 4.78 is 13.3. The standard InChI is InChI=1S/C13H19ClFN/c1-3-11(16)6-4-5-10-7-9(2)13(15)12(14)8-10/h7-8,11H,3-6,16H2,1-2H3/t11-/m0/s1. The zero-order chi connectivity index (χ0) is 12.1. The van der Waals surface area contributed by atoms with E-state index in [1.807, 2.05) is 6.07 Å². The third kappa shape index (κ3) is 3.76. The predicted octanol–water partition coefficient (Wildman–Crippen LogP) is 3.85. The summed E-state index contributed by atoms with van der Waals surface area (Å²) in [7, 11) is 0. The van der Waals surface area contributed by atoms with Crippen LogP contribution >= 0.6 is 11.6 Å². The van der Waals surface area contributed by atoms with Crippen LogP contribution in [0.5, 0.6) is 0 Å². The Hall–Kier alpha value is -0.600. The largest absolute Gasteiger partial charge is 0.328 e. The first-order valence-corrected chi connectivity index (χ1v) is 6.12. The maximum absolute atomic E-state index is 13.3. The fourth-order valence-corrected chi connectivity index (χ4v) is 2.00. The Morgan fingerprint density at radius 3 is 2.69 bits per heavy atom. The van der Waals surface area contributed by atoms with E-state index in [1.165, 1.54) is 0 Å². The lowest BCUT2D eigenvalue weighted by molar-refractivity contribution is 0.567. The first-order chi connectivity index (χ1) is 7.54. The van der Waals surface area contributed by atoms with Gasteiger partial charge in [0.1, 0.15) is 5.82 Å². The molecule has 3 heteroatoms. The highest BCUT2D eigenvalue weighted by molar-refractivity contribution is 6.30. The summed E-state index contributed by atoms with van der Waals surface area (Å²) in [5.41, 5.74) is 7.54. The molecule has 0 aliphatic rings. The van der Waals surface area contributed by atoms with Crippen LogP contribution in [0.25, 0.3) is 0 Å². The number of aryl methyl sites for hydroxylation is 2. The molecule has 0 saturated heterocycles. The molecule has 1 atom stereocenters. The minimum absolute atomic E-state index is 0.217. The van der Waals surface area contributed by atoms with E-state index >= 15 is 0 Å². The van der Waals surface area contributed by atoms with Crippen LogP contribution < -0.4 is 5.73 Å². The third-order valence-corrected chi connectivity index (χ3v) is 3.11. The Balaban J connectivity index is 2.55. The second-order valence-electron chi connectivity index (χ2n) is 4.27. The molecule has 0 aromatic heterocycles. The summed E-state index contributed by atoms with van der Waals surface area (Å²) in [4.78, 5) is 0. The van der Waals surface area contributed by atoms with Crippen molar-refractivity contribution in [1.29, 1.82) is 0 Å². The Morgan fingerprint density at radius 1 is 1.44 bits per heavy atom. The van der Waals surface area contributed by atoms with E-state index in [-0.39, 0.29) is 16.9 Å². The number of hydrogen-bond acceptors (Lipinski definition) is 1. The van der Waals surface area contributed by atoms with Crippen molar-refractivity contribution in [3.05, 3.63) is 34.1 Å². The molecule has 1 aromatic carbocycles. The Morgan fingerprint density at radius 2 is 2.12 bits per heavy atom. The molecule has 16 heavy (non-hydrogen) atoms. The van der Waals surface area contributed by atoms with Gasteiger partial charge in [-0.3, -0.25) is 0 Å². The molecule has 1 nitrogen and oxygen atoms in total. The molecule has 0 spiro atoms. The van der Waals surface area contributed by atoms with Crippen molar-refractivity contribution < 1.29 is 4.39 Å². The quantitative estimate of drug-likeness (QED) is 0.835. The predicted molar refractivity (Wildman–Crippen MR) is 67.4 cm³/mol. The van der Waals surface area contributed by atoms with Gasteiger partial charge >= 0.3 is 0 Å². The topological polar surface area (TPSA) is 26.0 Å². The van der Waals surface area contributed by atoms with Crippen LogP contribution in [0.3, 0.4) is 0 Å². The third-order valence-electron chi connectivity index (χ3n) is 2.83. The van der Waals surface area contributed by atoms with Gasteiger partial charge in [0, 0.05) is 6.04 Å². The fourth-order valence-electron chi connectivity index (χ4n) is 1.71. The molecular weight excluding hydrogens is 225 g/mol. The van der Waals surface area contributed by atoms with Crippen molar-refractivity contribution >= 4 is 11.6 Å². The molecule has 2 N–H and O–H groups in total. The van der Waals surface area contributed by atoms with Crippen LogP contribution in [-0.2, 0) is 6.42 Å². The summed E-state index contributed by atoms with van der Waals surface area (Å²) in [6, 6.07) is 3.84. The van der Waals surface area contributed by atoms with Crippen molar-refractivity contribution in [2.24, 2.45) is 5.73 Å². The van der Waals surface area contributed by atoms with Crippen molar-refractivity contribution in [3.8, 4) is 0 Å². The molecule has 0 radical (unpaired) electrons. The van der Waals surface area contributed by atoms with E-state index in [9.17, 15) is 4.39 Å². The van der Waals surface area contributed by atoms with Gasteiger partial charge in [0.25, 0.3) is 0 Å². The Bertz CT molecular complexity index is 329. The minimum Gasteiger partial charge on any atom is -0.328 e. The van der Waals surface area contributed by atoms with E-state index in [1.54, 1.807) is 13.0 Å². The molecule has 0 unspecified atom stereocenters. The molecule has 90 valence electrons. The van der Waals surface area contributed by atoms with Gasteiger partial charge < -0.3 is 5.73 Å². The SMILES string of the molecule is CC[C@H](N)CCCc1cc(C)c(F)c(Cl)c1. The van der Waals surface area contributed by atoms with Crippen molar-refractivity contribution in [2.75, 3.05) is 0 Å². The lowest BCUT2D eigenvalue weighted by Crippen LogP contribution is -2.18. The molecule has 1 aromatic rings. The number of nitrogens with two attached hydrogens (primary N) is 1. The summed E-state index contributed by atoms with van der Waals surface area (Å²) in [6.45, 7) is 3.83. The van der Waals surface area contributed by atoms with Gasteiger partial charge in [0.2, 0.25) is 0 Å². The van der Waals surface area contributed by atoms with Gasteiger partial charge in [-0.25, -0.2) is 4.39 Å². The lowest BCUT2D eigenvalue weighted by atomic mass is 10.0. The minimum atomic E-state index is -0.310. The highest BCUT2D eigenvalue weighted by atomic mass is 35.5. The highest BCUT2D eigenvalue weighted by Crippen LogP contribution is 2.21. The molecule has 0 aliphatic heterocycles. The van der Waals surface area contributed by atoms with Gasteiger partial charge in [0.15, 0.2) is 0 Å². The van der Waals surface area contributed by atoms with Crippen LogP contribution in [0, 0.1) is 12.7 Å². The molecular formula is C13H19ClFN. The molecule has 0 heterocycles. The van der Waals surface area contributed by atoms with Crippen LogP contribution in [0.2, 0.25) is 5.02 Å². The Labute approximate surface area is 102 Å².